The number of methoxy groups -OCH3 is 1. The first-order chi connectivity index (χ1) is 11.9. The van der Waals surface area contributed by atoms with Crippen molar-refractivity contribution in [1.29, 1.82) is 0 Å². The van der Waals surface area contributed by atoms with E-state index in [1.54, 1.807) is 7.11 Å². The molecule has 0 saturated carbocycles. The van der Waals surface area contributed by atoms with Crippen LogP contribution in [0.3, 0.4) is 0 Å². The number of hydrogen-bond acceptors (Lipinski definition) is 4. The Hall–Kier alpha value is -1.34. The number of amides is 1. The molecule has 0 aromatic heterocycles. The number of nitrogens with two attached hydrogens (primary N) is 1. The number of guanidine groups is 1. The van der Waals surface area contributed by atoms with Crippen molar-refractivity contribution in [2.75, 3.05) is 46.4 Å². The van der Waals surface area contributed by atoms with Gasteiger partial charge in [-0.25, -0.2) is 0 Å². The zero-order valence-corrected chi connectivity index (χ0v) is 16.4. The third-order valence-corrected chi connectivity index (χ3v) is 4.70. The first kappa shape index (κ1) is 21.7. The predicted molar refractivity (Wildman–Crippen MR) is 103 cm³/mol. The van der Waals surface area contributed by atoms with Crippen LogP contribution in [0, 0.1) is 5.92 Å². The molecule has 1 heterocycles. The highest BCUT2D eigenvalue weighted by Crippen LogP contribution is 2.16. The van der Waals surface area contributed by atoms with Gasteiger partial charge in [-0.1, -0.05) is 0 Å². The lowest BCUT2D eigenvalue weighted by molar-refractivity contribution is -0.123. The van der Waals surface area contributed by atoms with Crippen LogP contribution in [-0.4, -0.2) is 68.7 Å². The molecule has 25 heavy (non-hydrogen) atoms. The van der Waals surface area contributed by atoms with E-state index in [0.717, 1.165) is 64.4 Å². The third-order valence-electron chi connectivity index (χ3n) is 4.70. The highest BCUT2D eigenvalue weighted by molar-refractivity contribution is 5.79. The predicted octanol–water partition coefficient (Wildman–Crippen LogP) is 0.944. The van der Waals surface area contributed by atoms with Crippen molar-refractivity contribution in [1.82, 2.24) is 15.5 Å². The molecule has 0 unspecified atom stereocenters. The van der Waals surface area contributed by atoms with Gasteiger partial charge in [0.1, 0.15) is 0 Å². The van der Waals surface area contributed by atoms with Crippen LogP contribution in [0.15, 0.2) is 4.99 Å². The molecule has 1 amide bonds. The SMILES string of the molecule is CCNC(=NCC(C)(C)OC)NCCCCN1CCC(C(N)=O)CC1. The molecule has 0 radical (unpaired) electrons. The quantitative estimate of drug-likeness (QED) is 0.308. The van der Waals surface area contributed by atoms with Crippen LogP contribution < -0.4 is 16.4 Å². The number of likely N-dealkylation sites (tertiary alicyclic amines) is 1. The maximum Gasteiger partial charge on any atom is 0.220 e. The topological polar surface area (TPSA) is 92.0 Å². The van der Waals surface area contributed by atoms with E-state index in [-0.39, 0.29) is 17.4 Å². The summed E-state index contributed by atoms with van der Waals surface area (Å²) in [5.41, 5.74) is 5.12. The molecule has 0 atom stereocenters. The summed E-state index contributed by atoms with van der Waals surface area (Å²) in [7, 11) is 1.71. The van der Waals surface area contributed by atoms with E-state index in [1.165, 1.54) is 0 Å². The number of primary amides is 1. The molecular formula is C18H37N5O2. The van der Waals surface area contributed by atoms with Gasteiger partial charge in [0.25, 0.3) is 0 Å². The molecule has 0 aromatic rings. The Morgan fingerprint density at radius 3 is 2.52 bits per heavy atom. The van der Waals surface area contributed by atoms with Crippen molar-refractivity contribution in [2.45, 2.75) is 52.1 Å². The minimum Gasteiger partial charge on any atom is -0.377 e. The Labute approximate surface area is 152 Å². The van der Waals surface area contributed by atoms with Gasteiger partial charge in [0.05, 0.1) is 12.1 Å². The first-order valence-corrected chi connectivity index (χ1v) is 9.47. The number of unbranched alkanes of at least 4 members (excludes halogenated alkanes) is 1. The average molecular weight is 356 g/mol. The number of nitrogens with one attached hydrogen (secondary N) is 2. The molecule has 0 spiro atoms. The summed E-state index contributed by atoms with van der Waals surface area (Å²) in [5, 5.41) is 6.64. The lowest BCUT2D eigenvalue weighted by Crippen LogP contribution is -2.40. The highest BCUT2D eigenvalue weighted by atomic mass is 16.5. The van der Waals surface area contributed by atoms with Gasteiger partial charge in [0.2, 0.25) is 5.91 Å². The van der Waals surface area contributed by atoms with Gasteiger partial charge in [-0.3, -0.25) is 9.79 Å². The van der Waals surface area contributed by atoms with Crippen LogP contribution in [0.25, 0.3) is 0 Å². The molecule has 1 fully saturated rings. The zero-order chi connectivity index (χ0) is 18.7. The normalized spacial score (nSPS) is 17.5. The molecule has 0 aliphatic carbocycles. The largest absolute Gasteiger partial charge is 0.377 e. The van der Waals surface area contributed by atoms with Crippen molar-refractivity contribution in [3.8, 4) is 0 Å². The second kappa shape index (κ2) is 11.3. The van der Waals surface area contributed by atoms with Gasteiger partial charge in [-0.05, 0) is 66.1 Å². The molecule has 1 saturated heterocycles. The Morgan fingerprint density at radius 1 is 1.28 bits per heavy atom. The van der Waals surface area contributed by atoms with Gasteiger partial charge in [-0.2, -0.15) is 0 Å². The number of carbonyl (C=O) groups excluding carboxylic acids is 1. The summed E-state index contributed by atoms with van der Waals surface area (Å²) in [6.07, 6.45) is 4.03. The second-order valence-electron chi connectivity index (χ2n) is 7.31. The fraction of sp³-hybridized carbons (Fsp3) is 0.889. The van der Waals surface area contributed by atoms with Gasteiger partial charge >= 0.3 is 0 Å². The van der Waals surface area contributed by atoms with Crippen molar-refractivity contribution in [3.63, 3.8) is 0 Å². The average Bonchev–Trinajstić information content (AvgIpc) is 2.59. The molecule has 7 heteroatoms. The Balaban J connectivity index is 2.20. The summed E-state index contributed by atoms with van der Waals surface area (Å²) < 4.78 is 5.40. The molecular weight excluding hydrogens is 318 g/mol. The van der Waals surface area contributed by atoms with Gasteiger partial charge in [0, 0.05) is 26.1 Å². The van der Waals surface area contributed by atoms with Crippen LogP contribution in [0.1, 0.15) is 46.5 Å². The fourth-order valence-electron chi connectivity index (χ4n) is 2.78. The molecule has 7 nitrogen and oxygen atoms in total. The van der Waals surface area contributed by atoms with E-state index in [2.05, 4.69) is 27.4 Å². The van der Waals surface area contributed by atoms with Crippen LogP contribution in [0.2, 0.25) is 0 Å². The van der Waals surface area contributed by atoms with Crippen molar-refractivity contribution >= 4 is 11.9 Å². The summed E-state index contributed by atoms with van der Waals surface area (Å²) in [4.78, 5) is 18.2. The second-order valence-corrected chi connectivity index (χ2v) is 7.31. The summed E-state index contributed by atoms with van der Waals surface area (Å²) in [6, 6.07) is 0. The van der Waals surface area contributed by atoms with Gasteiger partial charge in [-0.15, -0.1) is 0 Å². The summed E-state index contributed by atoms with van der Waals surface area (Å²) >= 11 is 0. The minimum atomic E-state index is -0.251. The molecule has 1 aliphatic heterocycles. The molecule has 0 aromatic carbocycles. The third kappa shape index (κ3) is 9.07. The number of piperidine rings is 1. The zero-order valence-electron chi connectivity index (χ0n) is 16.4. The van der Waals surface area contributed by atoms with Gasteiger partial charge < -0.3 is 26.0 Å². The molecule has 1 aliphatic rings. The van der Waals surface area contributed by atoms with E-state index < -0.39 is 0 Å². The monoisotopic (exact) mass is 355 g/mol. The van der Waals surface area contributed by atoms with E-state index in [0.29, 0.717) is 6.54 Å². The Bertz CT molecular complexity index is 418. The summed E-state index contributed by atoms with van der Waals surface area (Å²) in [5.74, 6) is 0.777. The number of carbonyl (C=O) groups is 1. The minimum absolute atomic E-state index is 0.0770. The molecule has 0 bridgehead atoms. The van der Waals surface area contributed by atoms with Gasteiger partial charge in [0.15, 0.2) is 5.96 Å². The Kier molecular flexibility index (Phi) is 9.82. The standard InChI is InChI=1S/C18H37N5O2/c1-5-20-17(22-14-18(2,3)25-4)21-10-6-7-11-23-12-8-15(9-13-23)16(19)24/h15H,5-14H2,1-4H3,(H2,19,24)(H2,20,21,22). The highest BCUT2D eigenvalue weighted by Gasteiger charge is 2.22. The molecule has 4 N–H and O–H groups in total. The summed E-state index contributed by atoms with van der Waals surface area (Å²) in [6.45, 7) is 11.5. The van der Waals surface area contributed by atoms with Crippen LogP contribution in [-0.2, 0) is 9.53 Å². The van der Waals surface area contributed by atoms with Crippen molar-refractivity contribution in [2.24, 2.45) is 16.6 Å². The van der Waals surface area contributed by atoms with E-state index in [9.17, 15) is 4.79 Å². The van der Waals surface area contributed by atoms with Crippen LogP contribution >= 0.6 is 0 Å². The van der Waals surface area contributed by atoms with Crippen LogP contribution in [0.5, 0.6) is 0 Å². The number of hydrogen-bond donors (Lipinski definition) is 3. The maximum atomic E-state index is 11.2. The van der Waals surface area contributed by atoms with E-state index in [4.69, 9.17) is 10.5 Å². The lowest BCUT2D eigenvalue weighted by Gasteiger charge is -2.30. The lowest BCUT2D eigenvalue weighted by atomic mass is 9.96. The Morgan fingerprint density at radius 2 is 1.96 bits per heavy atom. The van der Waals surface area contributed by atoms with E-state index >= 15 is 0 Å². The maximum absolute atomic E-state index is 11.2. The van der Waals surface area contributed by atoms with Crippen molar-refractivity contribution < 1.29 is 9.53 Å². The smallest absolute Gasteiger partial charge is 0.220 e. The van der Waals surface area contributed by atoms with E-state index in [1.807, 2.05) is 13.8 Å². The molecule has 1 rings (SSSR count). The molecule has 146 valence electrons. The fourth-order valence-corrected chi connectivity index (χ4v) is 2.78. The first-order valence-electron chi connectivity index (χ1n) is 9.47. The number of aliphatic imine (C=N–C) groups is 1. The van der Waals surface area contributed by atoms with Crippen LogP contribution in [0.4, 0.5) is 0 Å². The number of nitrogens with zero attached hydrogens (tertiary/aromatic N) is 2. The van der Waals surface area contributed by atoms with Crippen molar-refractivity contribution in [3.05, 3.63) is 0 Å². The number of rotatable bonds is 10. The number of ether oxygens (including phenoxy) is 1.